The maximum atomic E-state index is 13.3. The minimum absolute atomic E-state index is 0.0706. The third-order valence-electron chi connectivity index (χ3n) is 5.53. The molecule has 128 valence electrons. The highest BCUT2D eigenvalue weighted by atomic mass is 32.1. The summed E-state index contributed by atoms with van der Waals surface area (Å²) in [5.74, 6) is 1.13. The summed E-state index contributed by atoms with van der Waals surface area (Å²) in [5.41, 5.74) is 4.74. The Morgan fingerprint density at radius 2 is 2.08 bits per heavy atom. The van der Waals surface area contributed by atoms with Crippen molar-refractivity contribution in [3.8, 4) is 0 Å². The molecule has 25 heavy (non-hydrogen) atoms. The van der Waals surface area contributed by atoms with Crippen LogP contribution >= 0.6 is 11.3 Å². The fourth-order valence-corrected chi connectivity index (χ4v) is 5.37. The van der Waals surface area contributed by atoms with Crippen molar-refractivity contribution in [3.05, 3.63) is 51.5 Å². The van der Waals surface area contributed by atoms with Gasteiger partial charge in [0.2, 0.25) is 0 Å². The van der Waals surface area contributed by atoms with Gasteiger partial charge in [0.25, 0.3) is 5.91 Å². The van der Waals surface area contributed by atoms with E-state index in [2.05, 4.69) is 10.4 Å². The van der Waals surface area contributed by atoms with Gasteiger partial charge in [0.05, 0.1) is 22.0 Å². The first-order chi connectivity index (χ1) is 12.3. The van der Waals surface area contributed by atoms with E-state index in [4.69, 9.17) is 4.98 Å². The zero-order chi connectivity index (χ0) is 16.8. The summed E-state index contributed by atoms with van der Waals surface area (Å²) in [6.45, 7) is 0.827. The number of thiophene rings is 1. The molecule has 0 unspecified atom stereocenters. The number of carbonyl (C=O) groups excluding carboxylic acids is 1. The molecule has 5 rings (SSSR count). The second-order valence-corrected chi connectivity index (χ2v) is 7.95. The molecule has 1 aliphatic heterocycles. The summed E-state index contributed by atoms with van der Waals surface area (Å²) >= 11 is 1.64. The van der Waals surface area contributed by atoms with Gasteiger partial charge in [-0.1, -0.05) is 12.1 Å². The van der Waals surface area contributed by atoms with Crippen LogP contribution in [-0.2, 0) is 12.8 Å². The number of hydrogen-bond donors (Lipinski definition) is 1. The molecule has 0 saturated carbocycles. The van der Waals surface area contributed by atoms with Crippen molar-refractivity contribution in [1.29, 1.82) is 0 Å². The molecule has 4 nitrogen and oxygen atoms in total. The van der Waals surface area contributed by atoms with E-state index < -0.39 is 0 Å². The predicted octanol–water partition coefficient (Wildman–Crippen LogP) is 4.48. The Bertz CT molecular complexity index is 908. The summed E-state index contributed by atoms with van der Waals surface area (Å²) in [6, 6.07) is 8.15. The summed E-state index contributed by atoms with van der Waals surface area (Å²) in [6.07, 6.45) is 6.68. The molecule has 1 aliphatic carbocycles. The molecule has 1 amide bonds. The topological polar surface area (TPSA) is 49.0 Å². The van der Waals surface area contributed by atoms with E-state index in [0.717, 1.165) is 54.0 Å². The molecule has 0 bridgehead atoms. The number of fused-ring (bicyclic) bond motifs is 2. The summed E-state index contributed by atoms with van der Waals surface area (Å²) < 4.78 is 0. The van der Waals surface area contributed by atoms with E-state index in [1.54, 1.807) is 11.3 Å². The van der Waals surface area contributed by atoms with Crippen LogP contribution < -0.4 is 0 Å². The molecule has 2 aromatic heterocycles. The van der Waals surface area contributed by atoms with Gasteiger partial charge >= 0.3 is 0 Å². The second kappa shape index (κ2) is 5.99. The van der Waals surface area contributed by atoms with Crippen molar-refractivity contribution >= 4 is 28.3 Å². The predicted molar refractivity (Wildman–Crippen MR) is 100 cm³/mol. The zero-order valence-electron chi connectivity index (χ0n) is 14.1. The number of likely N-dealkylation sites (tertiary alicyclic amines) is 1. The fourth-order valence-electron chi connectivity index (χ4n) is 4.25. The van der Waals surface area contributed by atoms with Gasteiger partial charge in [-0.15, -0.1) is 11.3 Å². The number of amides is 1. The molecular formula is C20H21N3OS. The molecule has 5 heteroatoms. The van der Waals surface area contributed by atoms with Crippen molar-refractivity contribution in [2.45, 2.75) is 44.6 Å². The first-order valence-electron chi connectivity index (χ1n) is 9.16. The number of H-pyrrole nitrogens is 1. The molecular weight excluding hydrogens is 330 g/mol. The molecule has 3 heterocycles. The number of carbonyl (C=O) groups is 1. The monoisotopic (exact) mass is 351 g/mol. The van der Waals surface area contributed by atoms with Gasteiger partial charge in [-0.3, -0.25) is 4.79 Å². The largest absolute Gasteiger partial charge is 0.340 e. The fraction of sp³-hybridized carbons (Fsp3) is 0.400. The SMILES string of the molecule is O=C(c1scc2c1CCCC2)N1CCC[C@H]1c1nc2ccccc2[nH]1. The maximum absolute atomic E-state index is 13.3. The van der Waals surface area contributed by atoms with Crippen LogP contribution in [0.4, 0.5) is 0 Å². The van der Waals surface area contributed by atoms with Crippen LogP contribution in [0.2, 0.25) is 0 Å². The van der Waals surface area contributed by atoms with Crippen molar-refractivity contribution in [2.75, 3.05) is 6.54 Å². The number of hydrogen-bond acceptors (Lipinski definition) is 3. The quantitative estimate of drug-likeness (QED) is 0.740. The lowest BCUT2D eigenvalue weighted by Crippen LogP contribution is -2.31. The minimum Gasteiger partial charge on any atom is -0.340 e. The van der Waals surface area contributed by atoms with E-state index in [-0.39, 0.29) is 11.9 Å². The number of aromatic amines is 1. The van der Waals surface area contributed by atoms with Crippen LogP contribution in [0.5, 0.6) is 0 Å². The number of nitrogens with one attached hydrogen (secondary N) is 1. The minimum atomic E-state index is 0.0706. The summed E-state index contributed by atoms with van der Waals surface area (Å²) in [5, 5.41) is 2.20. The Balaban J connectivity index is 1.48. The second-order valence-electron chi connectivity index (χ2n) is 7.07. The van der Waals surface area contributed by atoms with Crippen LogP contribution in [0, 0.1) is 0 Å². The van der Waals surface area contributed by atoms with Crippen molar-refractivity contribution in [1.82, 2.24) is 14.9 Å². The Hall–Kier alpha value is -2.14. The van der Waals surface area contributed by atoms with Gasteiger partial charge in [0.15, 0.2) is 0 Å². The average Bonchev–Trinajstić information content (AvgIpc) is 3.37. The van der Waals surface area contributed by atoms with Gasteiger partial charge in [0.1, 0.15) is 5.82 Å². The third kappa shape index (κ3) is 2.49. The molecule has 0 radical (unpaired) electrons. The highest BCUT2D eigenvalue weighted by Crippen LogP contribution is 2.36. The highest BCUT2D eigenvalue weighted by molar-refractivity contribution is 7.12. The van der Waals surface area contributed by atoms with Crippen LogP contribution in [0.1, 0.15) is 58.3 Å². The van der Waals surface area contributed by atoms with Gasteiger partial charge in [-0.25, -0.2) is 4.98 Å². The van der Waals surface area contributed by atoms with Gasteiger partial charge in [-0.2, -0.15) is 0 Å². The van der Waals surface area contributed by atoms with E-state index in [1.807, 2.05) is 29.2 Å². The number of nitrogens with zero attached hydrogens (tertiary/aromatic N) is 2. The number of benzene rings is 1. The Labute approximate surface area is 150 Å². The van der Waals surface area contributed by atoms with E-state index in [1.165, 1.54) is 24.0 Å². The summed E-state index contributed by atoms with van der Waals surface area (Å²) in [4.78, 5) is 24.5. The normalized spacial score (nSPS) is 20.2. The molecule has 1 atom stereocenters. The summed E-state index contributed by atoms with van der Waals surface area (Å²) in [7, 11) is 0. The number of aryl methyl sites for hydroxylation is 1. The van der Waals surface area contributed by atoms with Gasteiger partial charge in [-0.05, 0) is 67.2 Å². The number of rotatable bonds is 2. The van der Waals surface area contributed by atoms with E-state index in [9.17, 15) is 4.79 Å². The standard InChI is InChI=1S/C20H21N3OS/c24-20(18-14-7-2-1-6-13(14)12-25-18)23-11-5-10-17(23)19-21-15-8-3-4-9-16(15)22-19/h3-4,8-9,12,17H,1-2,5-7,10-11H2,(H,21,22)/t17-/m0/s1. The molecule has 2 aliphatic rings. The smallest absolute Gasteiger partial charge is 0.264 e. The molecule has 3 aromatic rings. The molecule has 1 saturated heterocycles. The number of imidazole rings is 1. The molecule has 1 N–H and O–H groups in total. The van der Waals surface area contributed by atoms with Crippen molar-refractivity contribution in [3.63, 3.8) is 0 Å². The molecule has 1 aromatic carbocycles. The Morgan fingerprint density at radius 1 is 1.20 bits per heavy atom. The van der Waals surface area contributed by atoms with Crippen LogP contribution in [0.25, 0.3) is 11.0 Å². The highest BCUT2D eigenvalue weighted by Gasteiger charge is 2.34. The number of aromatic nitrogens is 2. The lowest BCUT2D eigenvalue weighted by molar-refractivity contribution is 0.0734. The van der Waals surface area contributed by atoms with Crippen LogP contribution in [0.15, 0.2) is 29.6 Å². The Kier molecular flexibility index (Phi) is 3.63. The number of para-hydroxylation sites is 2. The third-order valence-corrected chi connectivity index (χ3v) is 6.59. The average molecular weight is 351 g/mol. The van der Waals surface area contributed by atoms with Crippen molar-refractivity contribution in [2.24, 2.45) is 0 Å². The lowest BCUT2D eigenvalue weighted by atomic mass is 9.93. The maximum Gasteiger partial charge on any atom is 0.264 e. The van der Waals surface area contributed by atoms with Gasteiger partial charge < -0.3 is 9.88 Å². The first kappa shape index (κ1) is 15.1. The Morgan fingerprint density at radius 3 is 3.00 bits per heavy atom. The van der Waals surface area contributed by atoms with Gasteiger partial charge in [0, 0.05) is 6.54 Å². The zero-order valence-corrected chi connectivity index (χ0v) is 14.9. The van der Waals surface area contributed by atoms with E-state index >= 15 is 0 Å². The van der Waals surface area contributed by atoms with Crippen molar-refractivity contribution < 1.29 is 4.79 Å². The van der Waals surface area contributed by atoms with Crippen LogP contribution in [0.3, 0.4) is 0 Å². The first-order valence-corrected chi connectivity index (χ1v) is 10.0. The molecule has 0 spiro atoms. The van der Waals surface area contributed by atoms with Crippen LogP contribution in [-0.4, -0.2) is 27.3 Å². The lowest BCUT2D eigenvalue weighted by Gasteiger charge is -2.24. The van der Waals surface area contributed by atoms with E-state index in [0.29, 0.717) is 0 Å². The molecule has 1 fully saturated rings.